The van der Waals surface area contributed by atoms with Gasteiger partial charge in [0, 0.05) is 21.1 Å². The van der Waals surface area contributed by atoms with E-state index in [-0.39, 0.29) is 6.01 Å². The number of anilines is 2. The summed E-state index contributed by atoms with van der Waals surface area (Å²) in [7, 11) is 5.39. The summed E-state index contributed by atoms with van der Waals surface area (Å²) in [6.45, 7) is 0. The second-order valence-corrected chi connectivity index (χ2v) is 4.12. The van der Waals surface area contributed by atoms with Crippen molar-refractivity contribution < 1.29 is 4.74 Å². The maximum Gasteiger partial charge on any atom is 0.328 e. The van der Waals surface area contributed by atoms with Crippen LogP contribution in [-0.2, 0) is 0 Å². The van der Waals surface area contributed by atoms with E-state index in [0.29, 0.717) is 23.2 Å². The fourth-order valence-electron chi connectivity index (χ4n) is 1.41. The first-order valence-corrected chi connectivity index (χ1v) is 5.91. The third kappa shape index (κ3) is 3.11. The van der Waals surface area contributed by atoms with E-state index in [1.54, 1.807) is 36.2 Å². The average Bonchev–Trinajstić information content (AvgIpc) is 2.47. The maximum absolute atomic E-state index is 8.75. The number of hydrogen-bond acceptors (Lipinski definition) is 7. The summed E-state index contributed by atoms with van der Waals surface area (Å²) in [5.74, 6) is 1.47. The molecule has 2 aromatic rings. The van der Waals surface area contributed by atoms with Crippen molar-refractivity contribution in [1.82, 2.24) is 15.0 Å². The number of hydrogen-bond donors (Lipinski definition) is 1. The zero-order valence-electron chi connectivity index (χ0n) is 11.5. The Hall–Kier alpha value is -2.88. The standard InChI is InChI=1S/C13H14N6O/c1-15-11-16-12(19(2)3)18-13(17-11)20-10-6-4-9(8-14)5-7-10/h4-7H,1-3H3,(H,15,16,17,18). The lowest BCUT2D eigenvalue weighted by atomic mass is 10.2. The second kappa shape index (κ2) is 5.84. The zero-order valence-corrected chi connectivity index (χ0v) is 11.5. The van der Waals surface area contributed by atoms with E-state index in [1.807, 2.05) is 20.2 Å². The molecule has 102 valence electrons. The Morgan fingerprint density at radius 2 is 1.85 bits per heavy atom. The van der Waals surface area contributed by atoms with Crippen LogP contribution in [0, 0.1) is 11.3 Å². The molecule has 0 fully saturated rings. The summed E-state index contributed by atoms with van der Waals surface area (Å²) >= 11 is 0. The number of nitriles is 1. The Labute approximate surface area is 116 Å². The molecule has 0 unspecified atom stereocenters. The lowest BCUT2D eigenvalue weighted by molar-refractivity contribution is 0.440. The van der Waals surface area contributed by atoms with Crippen molar-refractivity contribution >= 4 is 11.9 Å². The first-order valence-electron chi connectivity index (χ1n) is 5.91. The van der Waals surface area contributed by atoms with Gasteiger partial charge in [0.25, 0.3) is 0 Å². The first-order chi connectivity index (χ1) is 9.62. The van der Waals surface area contributed by atoms with Crippen LogP contribution in [0.1, 0.15) is 5.56 Å². The Bertz CT molecular complexity index is 632. The van der Waals surface area contributed by atoms with Crippen LogP contribution < -0.4 is 15.0 Å². The number of rotatable bonds is 4. The minimum atomic E-state index is 0.192. The fourth-order valence-corrected chi connectivity index (χ4v) is 1.41. The monoisotopic (exact) mass is 270 g/mol. The summed E-state index contributed by atoms with van der Waals surface area (Å²) in [6, 6.07) is 8.96. The summed E-state index contributed by atoms with van der Waals surface area (Å²) in [5, 5.41) is 11.6. The van der Waals surface area contributed by atoms with Crippen molar-refractivity contribution in [2.24, 2.45) is 0 Å². The molecule has 0 saturated heterocycles. The molecule has 0 bridgehead atoms. The molecular formula is C13H14N6O. The topological polar surface area (TPSA) is 87.0 Å². The van der Waals surface area contributed by atoms with Crippen LogP contribution in [0.2, 0.25) is 0 Å². The quantitative estimate of drug-likeness (QED) is 0.903. The van der Waals surface area contributed by atoms with Crippen molar-refractivity contribution in [1.29, 1.82) is 5.26 Å². The van der Waals surface area contributed by atoms with Crippen molar-refractivity contribution in [2.75, 3.05) is 31.4 Å². The lowest BCUT2D eigenvalue weighted by Gasteiger charge is -2.12. The van der Waals surface area contributed by atoms with Gasteiger partial charge in [0.15, 0.2) is 0 Å². The first kappa shape index (κ1) is 13.5. The van der Waals surface area contributed by atoms with Gasteiger partial charge < -0.3 is 15.0 Å². The van der Waals surface area contributed by atoms with Crippen molar-refractivity contribution in [2.45, 2.75) is 0 Å². The minimum Gasteiger partial charge on any atom is -0.424 e. The predicted molar refractivity (Wildman–Crippen MR) is 74.9 cm³/mol. The Morgan fingerprint density at radius 1 is 1.15 bits per heavy atom. The van der Waals surface area contributed by atoms with E-state index in [9.17, 15) is 0 Å². The van der Waals surface area contributed by atoms with E-state index in [2.05, 4.69) is 20.3 Å². The molecule has 0 amide bonds. The average molecular weight is 270 g/mol. The molecule has 0 aliphatic carbocycles. The van der Waals surface area contributed by atoms with E-state index in [4.69, 9.17) is 10.00 Å². The van der Waals surface area contributed by atoms with Gasteiger partial charge in [-0.1, -0.05) is 0 Å². The van der Waals surface area contributed by atoms with E-state index in [0.717, 1.165) is 0 Å². The van der Waals surface area contributed by atoms with Gasteiger partial charge >= 0.3 is 6.01 Å². The molecular weight excluding hydrogens is 256 g/mol. The van der Waals surface area contributed by atoms with Crippen LogP contribution in [-0.4, -0.2) is 36.1 Å². The van der Waals surface area contributed by atoms with Crippen LogP contribution in [0.25, 0.3) is 0 Å². The fraction of sp³-hybridized carbons (Fsp3) is 0.231. The highest BCUT2D eigenvalue weighted by atomic mass is 16.5. The van der Waals surface area contributed by atoms with Crippen molar-refractivity contribution in [3.05, 3.63) is 29.8 Å². The molecule has 0 spiro atoms. The molecule has 1 heterocycles. The number of benzene rings is 1. The molecule has 2 rings (SSSR count). The van der Waals surface area contributed by atoms with Crippen LogP contribution in [0.3, 0.4) is 0 Å². The molecule has 0 aliphatic heterocycles. The highest BCUT2D eigenvalue weighted by molar-refractivity contribution is 5.39. The Balaban J connectivity index is 2.27. The molecule has 0 aliphatic rings. The molecule has 1 N–H and O–H groups in total. The largest absolute Gasteiger partial charge is 0.424 e. The SMILES string of the molecule is CNc1nc(Oc2ccc(C#N)cc2)nc(N(C)C)n1. The van der Waals surface area contributed by atoms with Gasteiger partial charge in [0.2, 0.25) is 11.9 Å². The van der Waals surface area contributed by atoms with Crippen molar-refractivity contribution in [3.8, 4) is 17.8 Å². The van der Waals surface area contributed by atoms with Gasteiger partial charge in [0.1, 0.15) is 5.75 Å². The number of ether oxygens (including phenoxy) is 1. The normalized spacial score (nSPS) is 9.70. The highest BCUT2D eigenvalue weighted by Crippen LogP contribution is 2.20. The highest BCUT2D eigenvalue weighted by Gasteiger charge is 2.09. The van der Waals surface area contributed by atoms with Gasteiger partial charge in [-0.05, 0) is 24.3 Å². The zero-order chi connectivity index (χ0) is 14.5. The van der Waals surface area contributed by atoms with Gasteiger partial charge in [-0.3, -0.25) is 0 Å². The number of nitrogens with zero attached hydrogens (tertiary/aromatic N) is 5. The van der Waals surface area contributed by atoms with E-state index in [1.165, 1.54) is 0 Å². The molecule has 20 heavy (non-hydrogen) atoms. The third-order valence-corrected chi connectivity index (χ3v) is 2.42. The number of aromatic nitrogens is 3. The van der Waals surface area contributed by atoms with Crippen molar-refractivity contribution in [3.63, 3.8) is 0 Å². The summed E-state index contributed by atoms with van der Waals surface area (Å²) < 4.78 is 5.57. The van der Waals surface area contributed by atoms with Gasteiger partial charge in [-0.15, -0.1) is 0 Å². The molecule has 7 nitrogen and oxygen atoms in total. The summed E-state index contributed by atoms with van der Waals surface area (Å²) in [4.78, 5) is 14.3. The lowest BCUT2D eigenvalue weighted by Crippen LogP contribution is -2.15. The second-order valence-electron chi connectivity index (χ2n) is 4.12. The maximum atomic E-state index is 8.75. The van der Waals surface area contributed by atoms with Gasteiger partial charge in [-0.25, -0.2) is 0 Å². The number of nitrogens with one attached hydrogen (secondary N) is 1. The molecule has 0 radical (unpaired) electrons. The van der Waals surface area contributed by atoms with Crippen LogP contribution >= 0.6 is 0 Å². The molecule has 1 aromatic carbocycles. The van der Waals surface area contributed by atoms with E-state index < -0.39 is 0 Å². The third-order valence-electron chi connectivity index (χ3n) is 2.42. The van der Waals surface area contributed by atoms with Gasteiger partial charge in [0.05, 0.1) is 11.6 Å². The Kier molecular flexibility index (Phi) is 3.96. The van der Waals surface area contributed by atoms with Crippen LogP contribution in [0.4, 0.5) is 11.9 Å². The summed E-state index contributed by atoms with van der Waals surface area (Å²) in [6.07, 6.45) is 0. The molecule has 0 atom stereocenters. The molecule has 7 heteroatoms. The molecule has 0 saturated carbocycles. The predicted octanol–water partition coefficient (Wildman–Crippen LogP) is 1.64. The van der Waals surface area contributed by atoms with Crippen LogP contribution in [0.5, 0.6) is 11.8 Å². The molecule has 1 aromatic heterocycles. The Morgan fingerprint density at radius 3 is 2.40 bits per heavy atom. The summed E-state index contributed by atoms with van der Waals surface area (Å²) in [5.41, 5.74) is 0.567. The van der Waals surface area contributed by atoms with E-state index >= 15 is 0 Å². The smallest absolute Gasteiger partial charge is 0.328 e. The van der Waals surface area contributed by atoms with Crippen LogP contribution in [0.15, 0.2) is 24.3 Å². The van der Waals surface area contributed by atoms with Gasteiger partial charge in [-0.2, -0.15) is 20.2 Å². The minimum absolute atomic E-state index is 0.192.